The van der Waals surface area contributed by atoms with Gasteiger partial charge in [-0.05, 0) is 55.2 Å². The van der Waals surface area contributed by atoms with Crippen molar-refractivity contribution in [3.63, 3.8) is 0 Å². The quantitative estimate of drug-likeness (QED) is 0.441. The summed E-state index contributed by atoms with van der Waals surface area (Å²) in [5, 5.41) is 4.40. The van der Waals surface area contributed by atoms with Crippen LogP contribution in [0.1, 0.15) is 22.4 Å². The van der Waals surface area contributed by atoms with Crippen LogP contribution in [0.5, 0.6) is 0 Å². The molecule has 0 aliphatic carbocycles. The maximum absolute atomic E-state index is 14.1. The standard InChI is InChI=1S/C25H24FN3/c1-16-7-12-22(26)25-24(16)21(18(3)29-25)13-15-27-17(2)19-8-10-20(11-9-19)23-6-4-5-14-28-23/h4-12,14,27,29H,2,13,15H2,1,3H3. The van der Waals surface area contributed by atoms with Gasteiger partial charge in [-0.1, -0.05) is 43.0 Å². The van der Waals surface area contributed by atoms with Gasteiger partial charge >= 0.3 is 0 Å². The molecule has 0 saturated heterocycles. The zero-order valence-corrected chi connectivity index (χ0v) is 16.7. The zero-order chi connectivity index (χ0) is 20.4. The van der Waals surface area contributed by atoms with E-state index in [9.17, 15) is 4.39 Å². The largest absolute Gasteiger partial charge is 0.385 e. The summed E-state index contributed by atoms with van der Waals surface area (Å²) >= 11 is 0. The molecule has 4 heteroatoms. The fraction of sp³-hybridized carbons (Fsp3) is 0.160. The highest BCUT2D eigenvalue weighted by Gasteiger charge is 2.13. The van der Waals surface area contributed by atoms with Crippen LogP contribution < -0.4 is 5.32 Å². The summed E-state index contributed by atoms with van der Waals surface area (Å²) in [6, 6.07) is 17.5. The predicted molar refractivity (Wildman–Crippen MR) is 118 cm³/mol. The number of nitrogens with zero attached hydrogens (tertiary/aromatic N) is 1. The molecule has 2 aromatic carbocycles. The van der Waals surface area contributed by atoms with Gasteiger partial charge in [0.1, 0.15) is 5.82 Å². The maximum atomic E-state index is 14.1. The molecular formula is C25H24FN3. The Kier molecular flexibility index (Phi) is 5.17. The monoisotopic (exact) mass is 385 g/mol. The molecule has 2 aromatic heterocycles. The highest BCUT2D eigenvalue weighted by molar-refractivity contribution is 5.88. The number of rotatable bonds is 6. The summed E-state index contributed by atoms with van der Waals surface area (Å²) in [6.45, 7) is 8.92. The van der Waals surface area contributed by atoms with Crippen LogP contribution in [-0.4, -0.2) is 16.5 Å². The van der Waals surface area contributed by atoms with Crippen molar-refractivity contribution in [1.29, 1.82) is 0 Å². The van der Waals surface area contributed by atoms with Crippen LogP contribution in [0.4, 0.5) is 4.39 Å². The topological polar surface area (TPSA) is 40.7 Å². The lowest BCUT2D eigenvalue weighted by Gasteiger charge is -2.11. The van der Waals surface area contributed by atoms with E-state index in [4.69, 9.17) is 0 Å². The zero-order valence-electron chi connectivity index (χ0n) is 16.7. The van der Waals surface area contributed by atoms with E-state index in [1.807, 2.05) is 38.1 Å². The van der Waals surface area contributed by atoms with Gasteiger partial charge in [-0.3, -0.25) is 4.98 Å². The van der Waals surface area contributed by atoms with Crippen LogP contribution >= 0.6 is 0 Å². The average Bonchev–Trinajstić information content (AvgIpc) is 3.09. The molecule has 0 fully saturated rings. The number of benzene rings is 2. The average molecular weight is 385 g/mol. The molecule has 0 spiro atoms. The van der Waals surface area contributed by atoms with Gasteiger partial charge in [0.15, 0.2) is 0 Å². The number of aromatic nitrogens is 2. The minimum absolute atomic E-state index is 0.203. The number of aromatic amines is 1. The van der Waals surface area contributed by atoms with Crippen LogP contribution in [-0.2, 0) is 6.42 Å². The summed E-state index contributed by atoms with van der Waals surface area (Å²) in [6.07, 6.45) is 2.59. The van der Waals surface area contributed by atoms with Crippen molar-refractivity contribution in [2.75, 3.05) is 6.54 Å². The lowest BCUT2D eigenvalue weighted by Crippen LogP contribution is -2.15. The molecule has 0 aliphatic heterocycles. The SMILES string of the molecule is C=C(NCCc1c(C)[nH]c2c(F)ccc(C)c12)c1ccc(-c2ccccn2)cc1. The number of pyridine rings is 1. The Bertz CT molecular complexity index is 1160. The summed E-state index contributed by atoms with van der Waals surface area (Å²) in [5.74, 6) is -0.203. The van der Waals surface area contributed by atoms with Crippen molar-refractivity contribution in [2.24, 2.45) is 0 Å². The van der Waals surface area contributed by atoms with Gasteiger partial charge in [-0.2, -0.15) is 0 Å². The molecule has 0 amide bonds. The van der Waals surface area contributed by atoms with Gasteiger partial charge in [-0.25, -0.2) is 4.39 Å². The van der Waals surface area contributed by atoms with E-state index in [1.54, 1.807) is 6.20 Å². The Morgan fingerprint density at radius 2 is 1.86 bits per heavy atom. The van der Waals surface area contributed by atoms with E-state index in [0.29, 0.717) is 5.52 Å². The summed E-state index contributed by atoms with van der Waals surface area (Å²) in [4.78, 5) is 7.58. The van der Waals surface area contributed by atoms with Gasteiger partial charge in [0.2, 0.25) is 0 Å². The first-order valence-electron chi connectivity index (χ1n) is 9.75. The fourth-order valence-corrected chi connectivity index (χ4v) is 3.77. The van der Waals surface area contributed by atoms with Crippen molar-refractivity contribution >= 4 is 16.6 Å². The Labute approximate surface area is 170 Å². The smallest absolute Gasteiger partial charge is 0.147 e. The van der Waals surface area contributed by atoms with Gasteiger partial charge < -0.3 is 10.3 Å². The van der Waals surface area contributed by atoms with Gasteiger partial charge in [-0.15, -0.1) is 0 Å². The van der Waals surface area contributed by atoms with Gasteiger partial charge in [0.25, 0.3) is 0 Å². The second-order valence-corrected chi connectivity index (χ2v) is 7.29. The highest BCUT2D eigenvalue weighted by Crippen LogP contribution is 2.28. The molecule has 29 heavy (non-hydrogen) atoms. The first-order valence-corrected chi connectivity index (χ1v) is 9.75. The molecule has 0 bridgehead atoms. The number of halogens is 1. The predicted octanol–water partition coefficient (Wildman–Crippen LogP) is 5.79. The van der Waals surface area contributed by atoms with Crippen LogP contribution in [0.2, 0.25) is 0 Å². The van der Waals surface area contributed by atoms with E-state index < -0.39 is 0 Å². The number of H-pyrrole nitrogens is 1. The number of nitrogens with one attached hydrogen (secondary N) is 2. The van der Waals surface area contributed by atoms with Crippen LogP contribution in [0.15, 0.2) is 67.4 Å². The molecule has 2 heterocycles. The van der Waals surface area contributed by atoms with Gasteiger partial charge in [0, 0.05) is 35.1 Å². The summed E-state index contributed by atoms with van der Waals surface area (Å²) in [5.41, 5.74) is 7.80. The summed E-state index contributed by atoms with van der Waals surface area (Å²) in [7, 11) is 0. The van der Waals surface area contributed by atoms with Crippen molar-refractivity contribution in [3.05, 3.63) is 95.6 Å². The van der Waals surface area contributed by atoms with Crippen LogP contribution in [0.3, 0.4) is 0 Å². The second-order valence-electron chi connectivity index (χ2n) is 7.29. The molecule has 0 unspecified atom stereocenters. The minimum Gasteiger partial charge on any atom is -0.385 e. The second kappa shape index (κ2) is 7.92. The molecule has 146 valence electrons. The van der Waals surface area contributed by atoms with E-state index in [-0.39, 0.29) is 5.82 Å². The Morgan fingerprint density at radius 3 is 2.59 bits per heavy atom. The third-order valence-corrected chi connectivity index (χ3v) is 5.34. The highest BCUT2D eigenvalue weighted by atomic mass is 19.1. The molecule has 0 aliphatic rings. The number of hydrogen-bond acceptors (Lipinski definition) is 2. The first-order chi connectivity index (χ1) is 14.0. The van der Waals surface area contributed by atoms with Crippen molar-refractivity contribution in [2.45, 2.75) is 20.3 Å². The van der Waals surface area contributed by atoms with Gasteiger partial charge in [0.05, 0.1) is 11.2 Å². The number of hydrogen-bond donors (Lipinski definition) is 2. The van der Waals surface area contributed by atoms with Crippen LogP contribution in [0, 0.1) is 19.7 Å². The fourth-order valence-electron chi connectivity index (χ4n) is 3.77. The molecule has 0 radical (unpaired) electrons. The molecular weight excluding hydrogens is 361 g/mol. The molecule has 2 N–H and O–H groups in total. The van der Waals surface area contributed by atoms with Crippen LogP contribution in [0.25, 0.3) is 27.9 Å². The maximum Gasteiger partial charge on any atom is 0.147 e. The molecule has 3 nitrogen and oxygen atoms in total. The lowest BCUT2D eigenvalue weighted by atomic mass is 10.0. The molecule has 4 aromatic rings. The van der Waals surface area contributed by atoms with E-state index in [0.717, 1.165) is 57.7 Å². The molecule has 4 rings (SSSR count). The van der Waals surface area contributed by atoms with E-state index >= 15 is 0 Å². The van der Waals surface area contributed by atoms with E-state index in [1.165, 1.54) is 6.07 Å². The normalized spacial score (nSPS) is 11.0. The Hall–Kier alpha value is -3.40. The minimum atomic E-state index is -0.203. The first kappa shape index (κ1) is 18.9. The number of fused-ring (bicyclic) bond motifs is 1. The lowest BCUT2D eigenvalue weighted by molar-refractivity contribution is 0.637. The van der Waals surface area contributed by atoms with Crippen molar-refractivity contribution < 1.29 is 4.39 Å². The molecule has 0 atom stereocenters. The Balaban J connectivity index is 1.44. The summed E-state index contributed by atoms with van der Waals surface area (Å²) < 4.78 is 14.1. The van der Waals surface area contributed by atoms with E-state index in [2.05, 4.69) is 46.1 Å². The third-order valence-electron chi connectivity index (χ3n) is 5.34. The van der Waals surface area contributed by atoms with Crippen molar-refractivity contribution in [3.8, 4) is 11.3 Å². The molecule has 0 saturated carbocycles. The van der Waals surface area contributed by atoms with Crippen molar-refractivity contribution in [1.82, 2.24) is 15.3 Å². The Morgan fingerprint density at radius 1 is 1.07 bits per heavy atom. The third kappa shape index (κ3) is 3.79. The number of aryl methyl sites for hydroxylation is 2.